The van der Waals surface area contributed by atoms with Crippen LogP contribution in [0.2, 0.25) is 0 Å². The van der Waals surface area contributed by atoms with Crippen LogP contribution in [0, 0.1) is 13.8 Å². The van der Waals surface area contributed by atoms with Crippen LogP contribution in [0.5, 0.6) is 0 Å². The van der Waals surface area contributed by atoms with Gasteiger partial charge in [-0.3, -0.25) is 0 Å². The van der Waals surface area contributed by atoms with Gasteiger partial charge in [-0.05, 0) is 20.3 Å². The van der Waals surface area contributed by atoms with Crippen molar-refractivity contribution in [3.05, 3.63) is 17.6 Å². The van der Waals surface area contributed by atoms with Gasteiger partial charge in [0.25, 0.3) is 0 Å². The van der Waals surface area contributed by atoms with E-state index in [1.54, 1.807) is 0 Å². The molecule has 1 aromatic rings. The van der Waals surface area contributed by atoms with E-state index in [0.717, 1.165) is 43.4 Å². The summed E-state index contributed by atoms with van der Waals surface area (Å²) in [5.41, 5.74) is 1.05. The van der Waals surface area contributed by atoms with Gasteiger partial charge in [-0.15, -0.1) is 0 Å². The fourth-order valence-electron chi connectivity index (χ4n) is 2.06. The van der Waals surface area contributed by atoms with Crippen molar-refractivity contribution < 1.29 is 0 Å². The molecule has 88 valence electrons. The minimum atomic E-state index is 0.605. The number of aryl methyl sites for hydroxylation is 2. The Morgan fingerprint density at radius 2 is 2.12 bits per heavy atom. The molecular weight excluding hydrogens is 200 g/mol. The van der Waals surface area contributed by atoms with Crippen molar-refractivity contribution >= 4 is 5.82 Å². The number of nitrogens with zero attached hydrogens (tertiary/aromatic N) is 3. The number of anilines is 1. The van der Waals surface area contributed by atoms with Crippen molar-refractivity contribution in [1.29, 1.82) is 0 Å². The van der Waals surface area contributed by atoms with Gasteiger partial charge in [0.15, 0.2) is 0 Å². The second-order valence-electron chi connectivity index (χ2n) is 4.42. The molecule has 4 nitrogen and oxygen atoms in total. The third kappa shape index (κ3) is 2.32. The minimum absolute atomic E-state index is 0.605. The van der Waals surface area contributed by atoms with E-state index in [2.05, 4.69) is 33.2 Å². The molecule has 0 unspecified atom stereocenters. The first-order valence-corrected chi connectivity index (χ1v) is 6.00. The maximum Gasteiger partial charge on any atom is 0.132 e. The van der Waals surface area contributed by atoms with Crippen LogP contribution in [0.1, 0.15) is 24.9 Å². The van der Waals surface area contributed by atoms with Crippen LogP contribution in [-0.4, -0.2) is 35.6 Å². The standard InChI is InChI=1S/C12H20N4/c1-4-5-16(11-7-13-8-11)12-6-9(2)14-10(3)15-12/h6,11,13H,4-5,7-8H2,1-3H3. The second-order valence-corrected chi connectivity index (χ2v) is 4.42. The van der Waals surface area contributed by atoms with Crippen molar-refractivity contribution in [1.82, 2.24) is 15.3 Å². The van der Waals surface area contributed by atoms with E-state index in [-0.39, 0.29) is 0 Å². The van der Waals surface area contributed by atoms with Gasteiger partial charge in [-0.2, -0.15) is 0 Å². The predicted octanol–water partition coefficient (Wildman–Crippen LogP) is 1.28. The fourth-order valence-corrected chi connectivity index (χ4v) is 2.06. The third-order valence-electron chi connectivity index (χ3n) is 2.91. The van der Waals surface area contributed by atoms with Crippen LogP contribution < -0.4 is 10.2 Å². The first kappa shape index (κ1) is 11.3. The average molecular weight is 220 g/mol. The van der Waals surface area contributed by atoms with Gasteiger partial charge in [-0.25, -0.2) is 9.97 Å². The minimum Gasteiger partial charge on any atom is -0.351 e. The smallest absolute Gasteiger partial charge is 0.132 e. The molecule has 2 heterocycles. The van der Waals surface area contributed by atoms with E-state index in [9.17, 15) is 0 Å². The highest BCUT2D eigenvalue weighted by Gasteiger charge is 2.25. The van der Waals surface area contributed by atoms with Crippen LogP contribution in [0.3, 0.4) is 0 Å². The van der Waals surface area contributed by atoms with Crippen molar-refractivity contribution in [2.24, 2.45) is 0 Å². The van der Waals surface area contributed by atoms with Gasteiger partial charge in [0.05, 0.1) is 6.04 Å². The number of aromatic nitrogens is 2. The summed E-state index contributed by atoms with van der Waals surface area (Å²) in [7, 11) is 0. The molecule has 1 aliphatic heterocycles. The molecule has 0 saturated carbocycles. The summed E-state index contributed by atoms with van der Waals surface area (Å²) in [5.74, 6) is 1.95. The molecule has 1 N–H and O–H groups in total. The molecule has 1 aliphatic rings. The molecule has 0 amide bonds. The molecule has 1 saturated heterocycles. The maximum atomic E-state index is 4.54. The molecule has 0 bridgehead atoms. The van der Waals surface area contributed by atoms with Gasteiger partial charge in [0.2, 0.25) is 0 Å². The Labute approximate surface area is 97.1 Å². The highest BCUT2D eigenvalue weighted by molar-refractivity contribution is 5.42. The molecule has 0 atom stereocenters. The summed E-state index contributed by atoms with van der Waals surface area (Å²) >= 11 is 0. The number of hydrogen-bond acceptors (Lipinski definition) is 4. The Hall–Kier alpha value is -1.16. The zero-order valence-corrected chi connectivity index (χ0v) is 10.3. The van der Waals surface area contributed by atoms with Crippen LogP contribution in [0.15, 0.2) is 6.07 Å². The lowest BCUT2D eigenvalue weighted by atomic mass is 10.1. The highest BCUT2D eigenvalue weighted by atomic mass is 15.3. The summed E-state index contributed by atoms with van der Waals surface area (Å²) in [6.07, 6.45) is 1.15. The topological polar surface area (TPSA) is 41.1 Å². The Bertz CT molecular complexity index is 340. The van der Waals surface area contributed by atoms with Gasteiger partial charge in [0, 0.05) is 31.4 Å². The second kappa shape index (κ2) is 4.78. The molecule has 0 spiro atoms. The lowest BCUT2D eigenvalue weighted by Gasteiger charge is -2.39. The highest BCUT2D eigenvalue weighted by Crippen LogP contribution is 2.18. The van der Waals surface area contributed by atoms with E-state index in [1.807, 2.05) is 13.8 Å². The van der Waals surface area contributed by atoms with Crippen LogP contribution in [0.4, 0.5) is 5.82 Å². The first-order chi connectivity index (χ1) is 7.70. The molecule has 1 fully saturated rings. The van der Waals surface area contributed by atoms with E-state index in [4.69, 9.17) is 0 Å². The number of nitrogens with one attached hydrogen (secondary N) is 1. The molecule has 0 aromatic carbocycles. The largest absolute Gasteiger partial charge is 0.351 e. The normalized spacial score (nSPS) is 15.9. The number of hydrogen-bond donors (Lipinski definition) is 1. The fraction of sp³-hybridized carbons (Fsp3) is 0.667. The SMILES string of the molecule is CCCN(c1cc(C)nc(C)n1)C1CNC1. The monoisotopic (exact) mass is 220 g/mol. The molecule has 1 aromatic heterocycles. The van der Waals surface area contributed by atoms with E-state index in [1.165, 1.54) is 0 Å². The van der Waals surface area contributed by atoms with Gasteiger partial charge in [0.1, 0.15) is 11.6 Å². The van der Waals surface area contributed by atoms with Crippen molar-refractivity contribution in [3.63, 3.8) is 0 Å². The van der Waals surface area contributed by atoms with E-state index >= 15 is 0 Å². The van der Waals surface area contributed by atoms with E-state index < -0.39 is 0 Å². The third-order valence-corrected chi connectivity index (χ3v) is 2.91. The molecule has 4 heteroatoms. The van der Waals surface area contributed by atoms with Crippen LogP contribution >= 0.6 is 0 Å². The van der Waals surface area contributed by atoms with Gasteiger partial charge in [-0.1, -0.05) is 6.92 Å². The molecule has 0 aliphatic carbocycles. The van der Waals surface area contributed by atoms with E-state index in [0.29, 0.717) is 6.04 Å². The van der Waals surface area contributed by atoms with Crippen molar-refractivity contribution in [3.8, 4) is 0 Å². The molecule has 0 radical (unpaired) electrons. The lowest BCUT2D eigenvalue weighted by Crippen LogP contribution is -2.57. The molecular formula is C12H20N4. The summed E-state index contributed by atoms with van der Waals surface area (Å²) < 4.78 is 0. The Morgan fingerprint density at radius 1 is 1.38 bits per heavy atom. The lowest BCUT2D eigenvalue weighted by molar-refractivity contribution is 0.410. The zero-order valence-electron chi connectivity index (χ0n) is 10.3. The first-order valence-electron chi connectivity index (χ1n) is 6.00. The van der Waals surface area contributed by atoms with Crippen molar-refractivity contribution in [2.75, 3.05) is 24.5 Å². The maximum absolute atomic E-state index is 4.54. The average Bonchev–Trinajstić information content (AvgIpc) is 2.12. The Kier molecular flexibility index (Phi) is 3.39. The Morgan fingerprint density at radius 3 is 2.62 bits per heavy atom. The zero-order chi connectivity index (χ0) is 11.5. The van der Waals surface area contributed by atoms with Gasteiger partial charge < -0.3 is 10.2 Å². The molecule has 2 rings (SSSR count). The van der Waals surface area contributed by atoms with Crippen LogP contribution in [-0.2, 0) is 0 Å². The summed E-state index contributed by atoms with van der Waals surface area (Å²) in [5, 5.41) is 3.31. The summed E-state index contributed by atoms with van der Waals surface area (Å²) in [6.45, 7) is 9.41. The van der Waals surface area contributed by atoms with Crippen LogP contribution in [0.25, 0.3) is 0 Å². The number of rotatable bonds is 4. The summed E-state index contributed by atoms with van der Waals surface area (Å²) in [6, 6.07) is 2.69. The van der Waals surface area contributed by atoms with Gasteiger partial charge >= 0.3 is 0 Å². The molecule has 16 heavy (non-hydrogen) atoms. The predicted molar refractivity (Wildman–Crippen MR) is 65.8 cm³/mol. The summed E-state index contributed by atoms with van der Waals surface area (Å²) in [4.78, 5) is 11.3. The quantitative estimate of drug-likeness (QED) is 0.830. The Balaban J connectivity index is 2.22. The van der Waals surface area contributed by atoms with Crippen molar-refractivity contribution in [2.45, 2.75) is 33.2 Å².